The Morgan fingerprint density at radius 1 is 0.630 bits per heavy atom. The number of halogens is 1. The first-order valence-electron chi connectivity index (χ1n) is 25.9. The van der Waals surface area contributed by atoms with Gasteiger partial charge in [-0.2, -0.15) is 0 Å². The van der Waals surface area contributed by atoms with Crippen LogP contribution in [0.4, 0.5) is 32.3 Å². The molecule has 18 nitrogen and oxygen atoms in total. The normalized spacial score (nSPS) is 13.8. The fraction of sp³-hybridized carbons (Fsp3) is 0.414. The molecule has 8 rings (SSSR count). The van der Waals surface area contributed by atoms with Crippen LogP contribution in [-0.4, -0.2) is 101 Å². The van der Waals surface area contributed by atoms with Gasteiger partial charge >= 0.3 is 12.2 Å². The SMILES string of the molecule is C.CC(C)OC(=O)N(C)c1ccc(-c2ncc(-c3ccc(N4CCCC4=O)cc3S(=O)(=O)NC(C)(C)C)s2)cc1.CC(C)OC(=O)N(C)c1ccc(-c2ncc(Br)s2)cc1.Cc1ccc(N2CCCC2=O)cc1S(=O)(=O)NC(C)(C)C. The van der Waals surface area contributed by atoms with Gasteiger partial charge in [0.15, 0.2) is 0 Å². The summed E-state index contributed by atoms with van der Waals surface area (Å²) >= 11 is 6.33. The van der Waals surface area contributed by atoms with E-state index in [1.807, 2.05) is 62.4 Å². The van der Waals surface area contributed by atoms with E-state index >= 15 is 0 Å². The van der Waals surface area contributed by atoms with Crippen LogP contribution in [0.5, 0.6) is 0 Å². The molecule has 0 saturated carbocycles. The molecule has 4 aromatic carbocycles. The summed E-state index contributed by atoms with van der Waals surface area (Å²) in [5.74, 6) is 0.0347. The number of thiazole rings is 2. The summed E-state index contributed by atoms with van der Waals surface area (Å²) in [7, 11) is -4.18. The Labute approximate surface area is 494 Å². The van der Waals surface area contributed by atoms with Gasteiger partial charge in [0.2, 0.25) is 31.9 Å². The average Bonchev–Trinajstić information content (AvgIpc) is 4.24. The van der Waals surface area contributed by atoms with Crippen molar-refractivity contribution < 1.29 is 45.5 Å². The smallest absolute Gasteiger partial charge is 0.414 e. The number of rotatable bonds is 13. The zero-order valence-corrected chi connectivity index (χ0v) is 52.3. The van der Waals surface area contributed by atoms with Crippen molar-refractivity contribution >= 4 is 105 Å². The third-order valence-corrected chi connectivity index (χ3v) is 18.1. The van der Waals surface area contributed by atoms with Gasteiger partial charge in [-0.1, -0.05) is 19.6 Å². The van der Waals surface area contributed by atoms with E-state index in [2.05, 4.69) is 35.3 Å². The van der Waals surface area contributed by atoms with Crippen molar-refractivity contribution in [1.29, 1.82) is 0 Å². The number of benzene rings is 4. The second-order valence-corrected chi connectivity index (χ2v) is 28.5. The number of sulfonamides is 2. The number of amides is 4. The Bertz CT molecular complexity index is 3410. The summed E-state index contributed by atoms with van der Waals surface area (Å²) in [4.78, 5) is 64.2. The largest absolute Gasteiger partial charge is 0.446 e. The third-order valence-electron chi connectivity index (χ3n) is 11.8. The predicted octanol–water partition coefficient (Wildman–Crippen LogP) is 13.1. The molecular formula is C58H75BrN8O10S4. The molecule has 81 heavy (non-hydrogen) atoms. The lowest BCUT2D eigenvalue weighted by atomic mass is 10.1. The molecule has 2 saturated heterocycles. The van der Waals surface area contributed by atoms with E-state index in [9.17, 15) is 36.0 Å². The van der Waals surface area contributed by atoms with Crippen molar-refractivity contribution in [3.05, 3.63) is 107 Å². The van der Waals surface area contributed by atoms with Crippen LogP contribution in [0.25, 0.3) is 31.6 Å². The fourth-order valence-electron chi connectivity index (χ4n) is 8.26. The van der Waals surface area contributed by atoms with Gasteiger partial charge in [-0.15, -0.1) is 22.7 Å². The van der Waals surface area contributed by atoms with E-state index in [1.54, 1.807) is 146 Å². The second kappa shape index (κ2) is 27.3. The van der Waals surface area contributed by atoms with E-state index in [1.165, 1.54) is 21.1 Å². The van der Waals surface area contributed by atoms with E-state index < -0.39 is 37.2 Å². The maximum absolute atomic E-state index is 13.5. The number of hydrogen-bond donors (Lipinski definition) is 2. The molecule has 2 N–H and O–H groups in total. The molecule has 0 aliphatic carbocycles. The Hall–Kier alpha value is -6.08. The van der Waals surface area contributed by atoms with Gasteiger partial charge in [0.25, 0.3) is 0 Å². The van der Waals surface area contributed by atoms with Crippen LogP contribution < -0.4 is 29.0 Å². The highest BCUT2D eigenvalue weighted by Gasteiger charge is 2.31. The molecule has 0 spiro atoms. The zero-order chi connectivity index (χ0) is 59.1. The molecule has 6 aromatic rings. The Balaban J connectivity index is 0.000000242. The quantitative estimate of drug-likeness (QED) is 0.110. The Morgan fingerprint density at radius 3 is 1.43 bits per heavy atom. The predicted molar refractivity (Wildman–Crippen MR) is 330 cm³/mol. The number of hydrogen-bond acceptors (Lipinski definition) is 14. The summed E-state index contributed by atoms with van der Waals surface area (Å²) in [5, 5.41) is 1.64. The van der Waals surface area contributed by atoms with Gasteiger partial charge in [0.05, 0.1) is 36.9 Å². The highest BCUT2D eigenvalue weighted by Crippen LogP contribution is 2.39. The van der Waals surface area contributed by atoms with Crippen molar-refractivity contribution in [1.82, 2.24) is 19.4 Å². The maximum atomic E-state index is 13.5. The van der Waals surface area contributed by atoms with Crippen molar-refractivity contribution in [2.75, 3.05) is 46.8 Å². The first kappa shape index (κ1) is 65.7. The van der Waals surface area contributed by atoms with Crippen molar-refractivity contribution in [3.63, 3.8) is 0 Å². The minimum atomic E-state index is -3.91. The van der Waals surface area contributed by atoms with Crippen LogP contribution in [0.15, 0.2) is 111 Å². The van der Waals surface area contributed by atoms with Crippen molar-refractivity contribution in [2.45, 2.75) is 142 Å². The summed E-state index contributed by atoms with van der Waals surface area (Å²) < 4.78 is 68.8. The van der Waals surface area contributed by atoms with Crippen molar-refractivity contribution in [3.8, 4) is 31.6 Å². The van der Waals surface area contributed by atoms with Crippen LogP contribution in [0.1, 0.15) is 108 Å². The highest BCUT2D eigenvalue weighted by atomic mass is 79.9. The molecular weight excluding hydrogens is 1180 g/mol. The fourth-order valence-corrected chi connectivity index (χ4v) is 13.8. The summed E-state index contributed by atoms with van der Waals surface area (Å²) in [6, 6.07) is 25.2. The van der Waals surface area contributed by atoms with Gasteiger partial charge in [-0.25, -0.2) is 45.8 Å². The lowest BCUT2D eigenvalue weighted by Crippen LogP contribution is -2.40. The molecule has 0 bridgehead atoms. The molecule has 2 aliphatic rings. The third kappa shape index (κ3) is 18.0. The standard InChI is InChI=1S/C28H34N4O5S2.C15H22N2O3S.C14H15BrN2O2S.CH4/c1-18(2)37-27(34)31(6)20-11-9-19(10-12-20)26-29-17-23(38-26)22-14-13-21(32-15-7-8-25(32)33)16-24(22)39(35,36)30-28(3,4)5;1-11-7-8-12(17-9-5-6-14(17)18)10-13(11)21(19,20)16-15(2,3)4;1-9(2)19-14(18)17(3)11-6-4-10(5-7-11)13-16-8-12(15)20-13;/h9-14,16-18,30H,7-8,15H2,1-6H3;7-8,10,16H,5-6,9H2,1-4H3;4-9H,1-3H3;1H4. The molecule has 0 radical (unpaired) electrons. The lowest BCUT2D eigenvalue weighted by molar-refractivity contribution is -0.117. The monoisotopic (exact) mass is 1250 g/mol. The first-order valence-corrected chi connectivity index (χ1v) is 31.3. The van der Waals surface area contributed by atoms with Gasteiger partial charge in [0, 0.05) is 96.7 Å². The van der Waals surface area contributed by atoms with E-state index in [4.69, 9.17) is 9.47 Å². The van der Waals surface area contributed by atoms with Gasteiger partial charge in [0.1, 0.15) is 10.0 Å². The molecule has 2 fully saturated rings. The molecule has 438 valence electrons. The summed E-state index contributed by atoms with van der Waals surface area (Å²) in [6.07, 6.45) is 4.83. The van der Waals surface area contributed by atoms with Crippen LogP contribution >= 0.6 is 38.6 Å². The molecule has 4 heterocycles. The maximum Gasteiger partial charge on any atom is 0.414 e. The molecule has 4 amide bonds. The molecule has 23 heteroatoms. The number of aromatic nitrogens is 2. The van der Waals surface area contributed by atoms with Gasteiger partial charge in [-0.05, 0) is 183 Å². The number of anilines is 4. The molecule has 0 atom stereocenters. The molecule has 2 aliphatic heterocycles. The number of nitrogens with one attached hydrogen (secondary N) is 2. The number of carbonyl (C=O) groups excluding carboxylic acids is 4. The van der Waals surface area contributed by atoms with Crippen LogP contribution in [0, 0.1) is 6.92 Å². The lowest BCUT2D eigenvalue weighted by Gasteiger charge is -2.23. The highest BCUT2D eigenvalue weighted by molar-refractivity contribution is 9.11. The number of ether oxygens (including phenoxy) is 2. The minimum absolute atomic E-state index is 0. The van der Waals surface area contributed by atoms with E-state index in [-0.39, 0.29) is 47.3 Å². The molecule has 0 unspecified atom stereocenters. The topological polar surface area (TPSA) is 218 Å². The van der Waals surface area contributed by atoms with E-state index in [0.29, 0.717) is 64.0 Å². The van der Waals surface area contributed by atoms with Gasteiger partial charge in [-0.3, -0.25) is 19.4 Å². The first-order chi connectivity index (χ1) is 37.3. The number of carbonyl (C=O) groups is 4. The Kier molecular flexibility index (Phi) is 22.2. The zero-order valence-electron chi connectivity index (χ0n) is 47.4. The molecule has 2 aromatic heterocycles. The van der Waals surface area contributed by atoms with Crippen LogP contribution in [0.2, 0.25) is 0 Å². The Morgan fingerprint density at radius 2 is 1.04 bits per heavy atom. The summed E-state index contributed by atoms with van der Waals surface area (Å²) in [5.41, 5.74) is 4.47. The average molecular weight is 1250 g/mol. The van der Waals surface area contributed by atoms with Crippen LogP contribution in [0.3, 0.4) is 0 Å². The summed E-state index contributed by atoms with van der Waals surface area (Å²) in [6.45, 7) is 21.0. The minimum Gasteiger partial charge on any atom is -0.446 e. The van der Waals surface area contributed by atoms with E-state index in [0.717, 1.165) is 38.4 Å². The van der Waals surface area contributed by atoms with Crippen LogP contribution in [-0.2, 0) is 39.1 Å². The number of nitrogens with zero attached hydrogens (tertiary/aromatic N) is 6. The van der Waals surface area contributed by atoms with Crippen molar-refractivity contribution in [2.24, 2.45) is 0 Å². The van der Waals surface area contributed by atoms with Gasteiger partial charge < -0.3 is 19.3 Å². The second-order valence-electron chi connectivity index (χ2n) is 21.7. The number of aryl methyl sites for hydroxylation is 1.